The van der Waals surface area contributed by atoms with Crippen LogP contribution in [0.25, 0.3) is 0 Å². The van der Waals surface area contributed by atoms with Crippen molar-refractivity contribution in [2.75, 3.05) is 5.32 Å². The second-order valence-electron chi connectivity index (χ2n) is 6.73. The lowest BCUT2D eigenvalue weighted by Gasteiger charge is -2.18. The van der Waals surface area contributed by atoms with Gasteiger partial charge in [-0.2, -0.15) is 8.42 Å². The van der Waals surface area contributed by atoms with E-state index in [4.69, 9.17) is 4.18 Å². The van der Waals surface area contributed by atoms with Gasteiger partial charge in [-0.1, -0.05) is 66.2 Å². The zero-order valence-corrected chi connectivity index (χ0v) is 16.9. The number of benzene rings is 3. The number of carbonyl (C=O) groups excluding carboxylic acids is 1. The van der Waals surface area contributed by atoms with Crippen molar-refractivity contribution in [2.45, 2.75) is 30.8 Å². The summed E-state index contributed by atoms with van der Waals surface area (Å²) in [5.74, 6) is -0.497. The Hall–Kier alpha value is -2.96. The van der Waals surface area contributed by atoms with Crippen LogP contribution in [0.4, 0.5) is 5.69 Å². The van der Waals surface area contributed by atoms with Crippen molar-refractivity contribution in [2.24, 2.45) is 0 Å². The molecular weight excluding hydrogens is 386 g/mol. The number of rotatable bonds is 8. The third-order valence-corrected chi connectivity index (χ3v) is 5.76. The van der Waals surface area contributed by atoms with Crippen LogP contribution in [0, 0.1) is 6.92 Å². The van der Waals surface area contributed by atoms with E-state index in [2.05, 4.69) is 5.32 Å². The summed E-state index contributed by atoms with van der Waals surface area (Å²) in [6.07, 6.45) is -0.410. The fourth-order valence-corrected chi connectivity index (χ4v) is 3.89. The fraction of sp³-hybridized carbons (Fsp3) is 0.174. The van der Waals surface area contributed by atoms with Crippen molar-refractivity contribution in [3.8, 4) is 0 Å². The lowest BCUT2D eigenvalue weighted by atomic mass is 10.1. The zero-order chi connectivity index (χ0) is 20.7. The minimum absolute atomic E-state index is 0.0281. The minimum atomic E-state index is -4.08. The van der Waals surface area contributed by atoms with Gasteiger partial charge in [-0.05, 0) is 49.6 Å². The average Bonchev–Trinajstić information content (AvgIpc) is 2.73. The summed E-state index contributed by atoms with van der Waals surface area (Å²) in [6.45, 7) is 1.87. The first-order valence-electron chi connectivity index (χ1n) is 9.34. The zero-order valence-electron chi connectivity index (χ0n) is 16.1. The van der Waals surface area contributed by atoms with Crippen LogP contribution < -0.4 is 5.32 Å². The monoisotopic (exact) mass is 409 g/mol. The highest BCUT2D eigenvalue weighted by Gasteiger charge is 2.27. The number of hydrogen-bond acceptors (Lipinski definition) is 4. The number of hydrogen-bond donors (Lipinski definition) is 1. The molecule has 150 valence electrons. The Morgan fingerprint density at radius 3 is 2.10 bits per heavy atom. The molecule has 3 aromatic carbocycles. The third kappa shape index (κ3) is 6.01. The number of carbonyl (C=O) groups is 1. The molecule has 1 atom stereocenters. The van der Waals surface area contributed by atoms with Crippen LogP contribution in [0.1, 0.15) is 17.5 Å². The molecular formula is C23H23NO4S. The molecule has 0 spiro atoms. The molecule has 0 bridgehead atoms. The van der Waals surface area contributed by atoms with Crippen LogP contribution in [0.3, 0.4) is 0 Å². The quantitative estimate of drug-likeness (QED) is 0.562. The molecule has 5 nitrogen and oxygen atoms in total. The van der Waals surface area contributed by atoms with Gasteiger partial charge in [0.1, 0.15) is 0 Å². The van der Waals surface area contributed by atoms with Gasteiger partial charge in [-0.25, -0.2) is 0 Å². The molecule has 0 heterocycles. The Bertz CT molecular complexity index is 1030. The lowest BCUT2D eigenvalue weighted by molar-refractivity contribution is -0.122. The molecule has 29 heavy (non-hydrogen) atoms. The fourth-order valence-electron chi connectivity index (χ4n) is 2.82. The van der Waals surface area contributed by atoms with Gasteiger partial charge < -0.3 is 5.32 Å². The Kier molecular flexibility index (Phi) is 6.80. The highest BCUT2D eigenvalue weighted by Crippen LogP contribution is 2.19. The Labute approximate surface area is 171 Å². The van der Waals surface area contributed by atoms with Crippen LogP contribution in [0.5, 0.6) is 0 Å². The summed E-state index contributed by atoms with van der Waals surface area (Å²) in [6, 6.07) is 24.8. The van der Waals surface area contributed by atoms with Crippen molar-refractivity contribution >= 4 is 21.7 Å². The molecule has 0 aliphatic carbocycles. The van der Waals surface area contributed by atoms with Crippen LogP contribution in [-0.4, -0.2) is 20.4 Å². The summed E-state index contributed by atoms with van der Waals surface area (Å²) < 4.78 is 30.8. The molecule has 0 radical (unpaired) electrons. The maximum atomic E-state index is 12.8. The molecule has 0 unspecified atom stereocenters. The second-order valence-corrected chi connectivity index (χ2v) is 8.30. The maximum absolute atomic E-state index is 12.8. The van der Waals surface area contributed by atoms with Crippen molar-refractivity contribution in [3.63, 3.8) is 0 Å². The van der Waals surface area contributed by atoms with Crippen LogP contribution in [-0.2, 0) is 25.5 Å². The highest BCUT2D eigenvalue weighted by atomic mass is 32.2. The Morgan fingerprint density at radius 1 is 0.897 bits per heavy atom. The van der Waals surface area contributed by atoms with E-state index in [-0.39, 0.29) is 11.3 Å². The standard InChI is InChI=1S/C23H23NO4S/c1-18-12-15-21(16-13-18)29(26,27)28-22(17-14-19-8-4-2-5-9-19)23(25)24-20-10-6-3-7-11-20/h2-13,15-16,22H,14,17H2,1H3,(H,24,25)/t22-/m0/s1. The number of anilines is 1. The van der Waals surface area contributed by atoms with E-state index >= 15 is 0 Å². The molecule has 1 N–H and O–H groups in total. The Balaban J connectivity index is 1.79. The third-order valence-electron chi connectivity index (χ3n) is 4.42. The van der Waals surface area contributed by atoms with E-state index < -0.39 is 22.1 Å². The lowest BCUT2D eigenvalue weighted by Crippen LogP contribution is -2.33. The number of para-hydroxylation sites is 1. The topological polar surface area (TPSA) is 72.5 Å². The molecule has 6 heteroatoms. The van der Waals surface area contributed by atoms with Crippen molar-refractivity contribution in [1.82, 2.24) is 0 Å². The summed E-state index contributed by atoms with van der Waals surface area (Å²) in [5.41, 5.74) is 2.52. The van der Waals surface area contributed by atoms with Gasteiger partial charge in [0, 0.05) is 5.69 Å². The van der Waals surface area contributed by atoms with E-state index in [0.717, 1.165) is 11.1 Å². The van der Waals surface area contributed by atoms with Crippen LogP contribution in [0.15, 0.2) is 89.8 Å². The van der Waals surface area contributed by atoms with E-state index in [0.29, 0.717) is 12.1 Å². The van der Waals surface area contributed by atoms with Gasteiger partial charge in [0.05, 0.1) is 4.90 Å². The first-order chi connectivity index (χ1) is 13.9. The first kappa shape index (κ1) is 20.8. The summed E-state index contributed by atoms with van der Waals surface area (Å²) in [4.78, 5) is 12.8. The largest absolute Gasteiger partial charge is 0.324 e. The molecule has 0 saturated heterocycles. The van der Waals surface area contributed by atoms with Gasteiger partial charge in [0.25, 0.3) is 16.0 Å². The molecule has 0 aliphatic rings. The number of aryl methyl sites for hydroxylation is 2. The minimum Gasteiger partial charge on any atom is -0.324 e. The van der Waals surface area contributed by atoms with Crippen molar-refractivity contribution in [3.05, 3.63) is 96.1 Å². The van der Waals surface area contributed by atoms with Gasteiger partial charge in [0.2, 0.25) is 0 Å². The predicted molar refractivity (Wildman–Crippen MR) is 113 cm³/mol. The maximum Gasteiger partial charge on any atom is 0.297 e. The first-order valence-corrected chi connectivity index (χ1v) is 10.7. The normalized spacial score (nSPS) is 12.3. The predicted octanol–water partition coefficient (Wildman–Crippen LogP) is 4.34. The number of nitrogens with one attached hydrogen (secondary N) is 1. The van der Waals surface area contributed by atoms with Crippen LogP contribution in [0.2, 0.25) is 0 Å². The number of amides is 1. The summed E-state index contributed by atoms with van der Waals surface area (Å²) in [7, 11) is -4.08. The van der Waals surface area contributed by atoms with Gasteiger partial charge in [-0.15, -0.1) is 0 Å². The molecule has 3 aromatic rings. The van der Waals surface area contributed by atoms with Gasteiger partial charge >= 0.3 is 0 Å². The highest BCUT2D eigenvalue weighted by molar-refractivity contribution is 7.86. The molecule has 0 aliphatic heterocycles. The molecule has 0 saturated carbocycles. The van der Waals surface area contributed by atoms with E-state index in [9.17, 15) is 13.2 Å². The molecule has 0 aromatic heterocycles. The van der Waals surface area contributed by atoms with Crippen molar-refractivity contribution < 1.29 is 17.4 Å². The molecule has 1 amide bonds. The van der Waals surface area contributed by atoms with E-state index in [1.165, 1.54) is 12.1 Å². The summed E-state index contributed by atoms with van der Waals surface area (Å²) in [5, 5.41) is 2.73. The molecule has 3 rings (SSSR count). The Morgan fingerprint density at radius 2 is 1.48 bits per heavy atom. The van der Waals surface area contributed by atoms with E-state index in [1.807, 2.05) is 43.3 Å². The average molecular weight is 410 g/mol. The smallest absolute Gasteiger partial charge is 0.297 e. The van der Waals surface area contributed by atoms with Gasteiger partial charge in [0.15, 0.2) is 6.10 Å². The van der Waals surface area contributed by atoms with Crippen molar-refractivity contribution in [1.29, 1.82) is 0 Å². The second kappa shape index (κ2) is 9.49. The summed E-state index contributed by atoms with van der Waals surface area (Å²) >= 11 is 0. The van der Waals surface area contributed by atoms with Gasteiger partial charge in [-0.3, -0.25) is 8.98 Å². The SMILES string of the molecule is Cc1ccc(S(=O)(=O)O[C@@H](CCc2ccccc2)C(=O)Nc2ccccc2)cc1. The van der Waals surface area contributed by atoms with E-state index in [1.54, 1.807) is 36.4 Å². The van der Waals surface area contributed by atoms with Crippen LogP contribution >= 0.6 is 0 Å². The molecule has 0 fully saturated rings.